The Morgan fingerprint density at radius 1 is 1.25 bits per heavy atom. The molecule has 0 spiro atoms. The highest BCUT2D eigenvalue weighted by molar-refractivity contribution is 7.26. The molecule has 3 rings (SSSR count). The molecular formula is C18H21BN4S. The van der Waals surface area contributed by atoms with Crippen LogP contribution in [-0.2, 0) is 0 Å². The molecule has 2 radical (unpaired) electrons. The van der Waals surface area contributed by atoms with Gasteiger partial charge in [0.1, 0.15) is 12.7 Å². The molecule has 4 nitrogen and oxygen atoms in total. The van der Waals surface area contributed by atoms with Crippen molar-refractivity contribution in [3.05, 3.63) is 28.5 Å². The predicted molar refractivity (Wildman–Crippen MR) is 105 cm³/mol. The highest BCUT2D eigenvalue weighted by Gasteiger charge is 2.22. The summed E-state index contributed by atoms with van der Waals surface area (Å²) in [5.41, 5.74) is 12.3. The van der Waals surface area contributed by atoms with Gasteiger partial charge in [0.25, 0.3) is 0 Å². The van der Waals surface area contributed by atoms with Crippen LogP contribution >= 0.6 is 11.3 Å². The molecule has 3 N–H and O–H groups in total. The van der Waals surface area contributed by atoms with E-state index in [2.05, 4.69) is 42.7 Å². The summed E-state index contributed by atoms with van der Waals surface area (Å²) in [5.74, 6) is 1.04. The van der Waals surface area contributed by atoms with Gasteiger partial charge in [-0.2, -0.15) is 0 Å². The Morgan fingerprint density at radius 2 is 1.96 bits per heavy atom. The number of nitrogens with one attached hydrogen (secondary N) is 1. The number of aliphatic imine (C=N–C) groups is 1. The summed E-state index contributed by atoms with van der Waals surface area (Å²) in [6.45, 7) is 10.6. The van der Waals surface area contributed by atoms with Crippen molar-refractivity contribution >= 4 is 46.3 Å². The van der Waals surface area contributed by atoms with E-state index in [1.54, 1.807) is 11.3 Å². The number of pyridine rings is 1. The van der Waals surface area contributed by atoms with Gasteiger partial charge in [0.2, 0.25) is 0 Å². The summed E-state index contributed by atoms with van der Waals surface area (Å²) in [6.07, 6.45) is 3.16. The van der Waals surface area contributed by atoms with Crippen LogP contribution in [0.15, 0.2) is 11.2 Å². The van der Waals surface area contributed by atoms with Crippen molar-refractivity contribution in [3.63, 3.8) is 0 Å². The number of fused-ring (bicyclic) bond motifs is 1. The van der Waals surface area contributed by atoms with Crippen LogP contribution in [0.4, 0.5) is 5.82 Å². The minimum Gasteiger partial charge on any atom is -0.390 e. The third-order valence-corrected chi connectivity index (χ3v) is 5.66. The molecule has 122 valence electrons. The van der Waals surface area contributed by atoms with Crippen LogP contribution in [0.3, 0.4) is 0 Å². The zero-order valence-corrected chi connectivity index (χ0v) is 15.5. The van der Waals surface area contributed by atoms with Gasteiger partial charge >= 0.3 is 0 Å². The Hall–Kier alpha value is -2.08. The average Bonchev–Trinajstić information content (AvgIpc) is 3.02. The number of rotatable bonds is 3. The second-order valence-corrected chi connectivity index (χ2v) is 7.44. The van der Waals surface area contributed by atoms with Crippen LogP contribution in [0.2, 0.25) is 0 Å². The first-order valence-corrected chi connectivity index (χ1v) is 8.79. The van der Waals surface area contributed by atoms with Crippen molar-refractivity contribution in [2.75, 3.05) is 0 Å². The van der Waals surface area contributed by atoms with Crippen LogP contribution < -0.4 is 10.5 Å². The van der Waals surface area contributed by atoms with Crippen molar-refractivity contribution in [2.45, 2.75) is 40.5 Å². The summed E-state index contributed by atoms with van der Waals surface area (Å²) in [7, 11) is 6.12. The van der Waals surface area contributed by atoms with E-state index in [0.717, 1.165) is 37.6 Å². The van der Waals surface area contributed by atoms with Crippen molar-refractivity contribution < 1.29 is 0 Å². The van der Waals surface area contributed by atoms with Crippen molar-refractivity contribution in [1.29, 1.82) is 0 Å². The molecule has 3 aromatic rings. The molecule has 3 heterocycles. The lowest BCUT2D eigenvalue weighted by Gasteiger charge is -2.13. The summed E-state index contributed by atoms with van der Waals surface area (Å²) in [6, 6.07) is 0. The lowest BCUT2D eigenvalue weighted by molar-refractivity contribution is 0.877. The number of H-pyrrole nitrogens is 1. The van der Waals surface area contributed by atoms with Gasteiger partial charge in [-0.05, 0) is 53.7 Å². The zero-order chi connectivity index (χ0) is 17.6. The van der Waals surface area contributed by atoms with E-state index in [9.17, 15) is 0 Å². The lowest BCUT2D eigenvalue weighted by atomic mass is 9.92. The first kappa shape index (κ1) is 16.8. The summed E-state index contributed by atoms with van der Waals surface area (Å²) in [5, 5.41) is 1.25. The molecule has 3 aromatic heterocycles. The fraction of sp³-hybridized carbons (Fsp3) is 0.333. The number of aromatic nitrogens is 2. The van der Waals surface area contributed by atoms with Gasteiger partial charge in [0.15, 0.2) is 5.82 Å². The molecule has 0 saturated carbocycles. The maximum absolute atomic E-state index is 6.12. The normalized spacial score (nSPS) is 12.1. The van der Waals surface area contributed by atoms with E-state index >= 15 is 0 Å². The molecule has 0 fully saturated rings. The van der Waals surface area contributed by atoms with E-state index in [1.165, 1.54) is 17.3 Å². The SMILES string of the molecule is [B]c1sc2[nH]c(-c3cnc(N=CN)c(C)c3C)c(C(C)C)c2c1C. The Bertz CT molecular complexity index is 950. The summed E-state index contributed by atoms with van der Waals surface area (Å²) in [4.78, 5) is 13.3. The molecule has 0 bridgehead atoms. The zero-order valence-electron chi connectivity index (χ0n) is 14.7. The minimum absolute atomic E-state index is 0.378. The molecule has 0 unspecified atom stereocenters. The van der Waals surface area contributed by atoms with Crippen LogP contribution in [0.5, 0.6) is 0 Å². The molecular weight excluding hydrogens is 315 g/mol. The quantitative estimate of drug-likeness (QED) is 0.434. The van der Waals surface area contributed by atoms with Gasteiger partial charge in [0.05, 0.1) is 12.0 Å². The monoisotopic (exact) mass is 336 g/mol. The fourth-order valence-corrected chi connectivity index (χ4v) is 4.17. The van der Waals surface area contributed by atoms with E-state index in [-0.39, 0.29) is 0 Å². The maximum Gasteiger partial charge on any atom is 0.156 e. The van der Waals surface area contributed by atoms with Crippen LogP contribution in [0.25, 0.3) is 21.5 Å². The Labute approximate surface area is 147 Å². The smallest absolute Gasteiger partial charge is 0.156 e. The third kappa shape index (κ3) is 2.45. The van der Waals surface area contributed by atoms with Gasteiger partial charge in [-0.3, -0.25) is 0 Å². The van der Waals surface area contributed by atoms with Crippen LogP contribution in [-0.4, -0.2) is 24.2 Å². The van der Waals surface area contributed by atoms with Crippen molar-refractivity contribution in [1.82, 2.24) is 9.97 Å². The summed E-state index contributed by atoms with van der Waals surface area (Å²) < 4.78 is 0.878. The molecule has 0 atom stereocenters. The summed E-state index contributed by atoms with van der Waals surface area (Å²) >= 11 is 1.61. The fourth-order valence-electron chi connectivity index (χ4n) is 3.18. The molecule has 0 amide bonds. The minimum atomic E-state index is 0.378. The third-order valence-electron chi connectivity index (χ3n) is 4.62. The first-order valence-electron chi connectivity index (χ1n) is 7.98. The second-order valence-electron chi connectivity index (χ2n) is 6.39. The molecule has 0 saturated heterocycles. The van der Waals surface area contributed by atoms with Crippen molar-refractivity contribution in [3.8, 4) is 11.3 Å². The predicted octanol–water partition coefficient (Wildman–Crippen LogP) is 3.75. The highest BCUT2D eigenvalue weighted by Crippen LogP contribution is 2.40. The largest absolute Gasteiger partial charge is 0.390 e. The van der Waals surface area contributed by atoms with Gasteiger partial charge in [-0.1, -0.05) is 13.8 Å². The molecule has 0 aromatic carbocycles. The number of aryl methyl sites for hydroxylation is 1. The molecule has 0 aliphatic rings. The molecule has 24 heavy (non-hydrogen) atoms. The second kappa shape index (κ2) is 6.09. The first-order chi connectivity index (χ1) is 11.4. The van der Waals surface area contributed by atoms with Crippen LogP contribution in [0.1, 0.15) is 42.0 Å². The highest BCUT2D eigenvalue weighted by atomic mass is 32.1. The number of aromatic amines is 1. The number of nitrogens with zero attached hydrogens (tertiary/aromatic N) is 2. The molecule has 0 aliphatic heterocycles. The van der Waals surface area contributed by atoms with Crippen molar-refractivity contribution in [2.24, 2.45) is 10.7 Å². The Morgan fingerprint density at radius 3 is 2.58 bits per heavy atom. The number of hydrogen-bond acceptors (Lipinski definition) is 3. The van der Waals surface area contributed by atoms with Gasteiger partial charge in [-0.15, -0.1) is 11.3 Å². The standard InChI is InChI=1S/C18H21BN4S/c1-8(2)13-14-11(5)16(19)24-18(14)23-15(13)12-6-21-17(22-7-20)10(4)9(12)3/h6-8,23H,1-5H3,(H2,20,21,22). The molecule has 0 aliphatic carbocycles. The Kier molecular flexibility index (Phi) is 4.26. The van der Waals surface area contributed by atoms with E-state index in [0.29, 0.717) is 11.7 Å². The maximum atomic E-state index is 6.12. The van der Waals surface area contributed by atoms with Gasteiger partial charge < -0.3 is 10.7 Å². The topological polar surface area (TPSA) is 67.1 Å². The van der Waals surface area contributed by atoms with Gasteiger partial charge in [0, 0.05) is 17.1 Å². The van der Waals surface area contributed by atoms with Gasteiger partial charge in [-0.25, -0.2) is 9.98 Å². The number of hydrogen-bond donors (Lipinski definition) is 2. The number of nitrogens with two attached hydrogens (primary N) is 1. The Balaban J connectivity index is 2.31. The van der Waals surface area contributed by atoms with E-state index in [1.807, 2.05) is 13.1 Å². The lowest BCUT2D eigenvalue weighted by Crippen LogP contribution is -2.01. The van der Waals surface area contributed by atoms with E-state index < -0.39 is 0 Å². The van der Waals surface area contributed by atoms with E-state index in [4.69, 9.17) is 13.6 Å². The molecule has 6 heteroatoms. The van der Waals surface area contributed by atoms with Crippen LogP contribution in [0, 0.1) is 20.8 Å². The number of thiophene rings is 1. The average molecular weight is 336 g/mol.